The summed E-state index contributed by atoms with van der Waals surface area (Å²) in [6, 6.07) is 21.5. The fourth-order valence-electron chi connectivity index (χ4n) is 4.13. The number of ether oxygens (including phenoxy) is 1. The summed E-state index contributed by atoms with van der Waals surface area (Å²) in [7, 11) is 0. The van der Waals surface area contributed by atoms with Crippen LogP contribution in [0, 0.1) is 11.8 Å². The summed E-state index contributed by atoms with van der Waals surface area (Å²) in [6.45, 7) is 0.891. The molecular formula is C28H22N2O4. The molecule has 3 aromatic carbocycles. The summed E-state index contributed by atoms with van der Waals surface area (Å²) in [4.78, 5) is 39.7. The number of imide groups is 1. The molecule has 168 valence electrons. The first kappa shape index (κ1) is 21.6. The average Bonchev–Trinajstić information content (AvgIpc) is 3.46. The van der Waals surface area contributed by atoms with Gasteiger partial charge in [0.05, 0.1) is 23.8 Å². The Hall–Kier alpha value is -4.21. The zero-order valence-corrected chi connectivity index (χ0v) is 18.4. The highest BCUT2D eigenvalue weighted by Gasteiger charge is 2.37. The topological polar surface area (TPSA) is 75.7 Å². The maximum atomic E-state index is 12.9. The van der Waals surface area contributed by atoms with E-state index in [1.807, 2.05) is 42.5 Å². The highest BCUT2D eigenvalue weighted by molar-refractivity contribution is 6.22. The van der Waals surface area contributed by atoms with Crippen LogP contribution < -0.4 is 5.32 Å². The van der Waals surface area contributed by atoms with Crippen LogP contribution in [0.5, 0.6) is 0 Å². The second-order valence-electron chi connectivity index (χ2n) is 8.27. The first-order chi connectivity index (χ1) is 16.6. The van der Waals surface area contributed by atoms with Crippen molar-refractivity contribution < 1.29 is 19.1 Å². The van der Waals surface area contributed by atoms with Crippen molar-refractivity contribution in [2.75, 3.05) is 18.5 Å². The number of hydrogen-bond acceptors (Lipinski definition) is 4. The molecule has 3 amide bonds. The molecular weight excluding hydrogens is 428 g/mol. The molecule has 1 unspecified atom stereocenters. The Balaban J connectivity index is 1.30. The van der Waals surface area contributed by atoms with Gasteiger partial charge in [-0.3, -0.25) is 19.3 Å². The molecule has 2 aliphatic rings. The van der Waals surface area contributed by atoms with Crippen molar-refractivity contribution in [3.8, 4) is 11.8 Å². The lowest BCUT2D eigenvalue weighted by atomic mass is 10.1. The van der Waals surface area contributed by atoms with E-state index in [9.17, 15) is 14.4 Å². The Morgan fingerprint density at radius 2 is 1.68 bits per heavy atom. The van der Waals surface area contributed by atoms with Gasteiger partial charge in [-0.05, 0) is 61.4 Å². The molecule has 2 heterocycles. The number of rotatable bonds is 4. The van der Waals surface area contributed by atoms with Crippen LogP contribution in [0.25, 0.3) is 0 Å². The van der Waals surface area contributed by atoms with E-state index in [1.54, 1.807) is 24.3 Å². The van der Waals surface area contributed by atoms with Crippen LogP contribution in [0.15, 0.2) is 72.8 Å². The Morgan fingerprint density at radius 3 is 2.47 bits per heavy atom. The van der Waals surface area contributed by atoms with Crippen LogP contribution >= 0.6 is 0 Å². The number of carbonyl (C=O) groups is 3. The fourth-order valence-corrected chi connectivity index (χ4v) is 4.13. The van der Waals surface area contributed by atoms with Crippen molar-refractivity contribution in [1.29, 1.82) is 0 Å². The third-order valence-corrected chi connectivity index (χ3v) is 5.89. The maximum Gasteiger partial charge on any atom is 0.261 e. The van der Waals surface area contributed by atoms with Gasteiger partial charge in [0, 0.05) is 29.0 Å². The van der Waals surface area contributed by atoms with E-state index in [4.69, 9.17) is 4.74 Å². The van der Waals surface area contributed by atoms with Crippen LogP contribution in [-0.4, -0.2) is 41.9 Å². The van der Waals surface area contributed by atoms with Gasteiger partial charge < -0.3 is 10.1 Å². The van der Waals surface area contributed by atoms with E-state index in [-0.39, 0.29) is 35.9 Å². The van der Waals surface area contributed by atoms with E-state index in [0.29, 0.717) is 23.4 Å². The number of fused-ring (bicyclic) bond motifs is 1. The maximum absolute atomic E-state index is 12.9. The van der Waals surface area contributed by atoms with Gasteiger partial charge in [0.15, 0.2) is 0 Å². The summed E-state index contributed by atoms with van der Waals surface area (Å²) in [5.41, 5.74) is 3.13. The van der Waals surface area contributed by atoms with Crippen LogP contribution in [0.2, 0.25) is 0 Å². The molecule has 6 heteroatoms. The van der Waals surface area contributed by atoms with Crippen LogP contribution in [0.4, 0.5) is 5.69 Å². The monoisotopic (exact) mass is 450 g/mol. The van der Waals surface area contributed by atoms with Gasteiger partial charge in [-0.2, -0.15) is 0 Å². The number of benzene rings is 3. The molecule has 3 aromatic rings. The van der Waals surface area contributed by atoms with Crippen molar-refractivity contribution in [2.45, 2.75) is 18.9 Å². The molecule has 0 bridgehead atoms. The van der Waals surface area contributed by atoms with Crippen LogP contribution in [-0.2, 0) is 4.74 Å². The van der Waals surface area contributed by atoms with Crippen molar-refractivity contribution in [2.24, 2.45) is 0 Å². The number of nitrogens with one attached hydrogen (secondary N) is 1. The third-order valence-electron chi connectivity index (χ3n) is 5.89. The van der Waals surface area contributed by atoms with Gasteiger partial charge in [-0.25, -0.2) is 0 Å². The lowest BCUT2D eigenvalue weighted by molar-refractivity contribution is 0.0475. The molecule has 0 radical (unpaired) electrons. The van der Waals surface area contributed by atoms with Gasteiger partial charge in [0.25, 0.3) is 17.7 Å². The molecule has 6 nitrogen and oxygen atoms in total. The predicted octanol–water partition coefficient (Wildman–Crippen LogP) is 4.11. The smallest absolute Gasteiger partial charge is 0.261 e. The zero-order chi connectivity index (χ0) is 23.5. The second kappa shape index (κ2) is 9.34. The minimum absolute atomic E-state index is 0.123. The number of hydrogen-bond donors (Lipinski definition) is 1. The third kappa shape index (κ3) is 4.47. The summed E-state index contributed by atoms with van der Waals surface area (Å²) in [5, 5.41) is 2.85. The lowest BCUT2D eigenvalue weighted by Crippen LogP contribution is -2.36. The minimum Gasteiger partial charge on any atom is -0.376 e. The number of amides is 3. The molecule has 1 fully saturated rings. The summed E-state index contributed by atoms with van der Waals surface area (Å²) in [5.74, 6) is 5.10. The van der Waals surface area contributed by atoms with Gasteiger partial charge in [0.1, 0.15) is 0 Å². The summed E-state index contributed by atoms with van der Waals surface area (Å²) < 4.78 is 5.57. The van der Waals surface area contributed by atoms with Gasteiger partial charge >= 0.3 is 0 Å². The molecule has 1 N–H and O–H groups in total. The Morgan fingerprint density at radius 1 is 0.912 bits per heavy atom. The summed E-state index contributed by atoms with van der Waals surface area (Å²) >= 11 is 0. The molecule has 5 rings (SSSR count). The molecule has 2 aliphatic heterocycles. The van der Waals surface area contributed by atoms with Crippen LogP contribution in [0.1, 0.15) is 55.0 Å². The molecule has 0 aliphatic carbocycles. The van der Waals surface area contributed by atoms with E-state index in [2.05, 4.69) is 17.2 Å². The van der Waals surface area contributed by atoms with Crippen molar-refractivity contribution in [1.82, 2.24) is 4.90 Å². The van der Waals surface area contributed by atoms with E-state index >= 15 is 0 Å². The van der Waals surface area contributed by atoms with Crippen LogP contribution in [0.3, 0.4) is 0 Å². The van der Waals surface area contributed by atoms with Crippen molar-refractivity contribution >= 4 is 23.4 Å². The predicted molar refractivity (Wildman–Crippen MR) is 128 cm³/mol. The van der Waals surface area contributed by atoms with E-state index in [0.717, 1.165) is 24.0 Å². The first-order valence-corrected chi connectivity index (χ1v) is 11.2. The summed E-state index contributed by atoms with van der Waals surface area (Å²) in [6.07, 6.45) is 1.63. The van der Waals surface area contributed by atoms with E-state index < -0.39 is 0 Å². The van der Waals surface area contributed by atoms with Gasteiger partial charge in [-0.1, -0.05) is 36.1 Å². The largest absolute Gasteiger partial charge is 0.376 e. The molecule has 34 heavy (non-hydrogen) atoms. The number of anilines is 1. The quantitative estimate of drug-likeness (QED) is 0.479. The SMILES string of the molecule is O=C(Nc1cccc(C#Cc2ccccc2)c1)c1ccc2c(c1)C(=O)N(CC1CCCO1)C2=O. The molecule has 0 saturated carbocycles. The van der Waals surface area contributed by atoms with E-state index in [1.165, 1.54) is 11.0 Å². The molecule has 0 aromatic heterocycles. The first-order valence-electron chi connectivity index (χ1n) is 11.2. The number of carbonyl (C=O) groups excluding carboxylic acids is 3. The minimum atomic E-state index is -0.386. The van der Waals surface area contributed by atoms with Gasteiger partial charge in [0.2, 0.25) is 0 Å². The van der Waals surface area contributed by atoms with Gasteiger partial charge in [-0.15, -0.1) is 0 Å². The van der Waals surface area contributed by atoms with Crippen molar-refractivity contribution in [3.05, 3.63) is 101 Å². The fraction of sp³-hybridized carbons (Fsp3) is 0.179. The average molecular weight is 450 g/mol. The Kier molecular flexibility index (Phi) is 5.94. The normalized spacial score (nSPS) is 16.7. The Labute approximate surface area is 197 Å². The molecule has 1 saturated heterocycles. The highest BCUT2D eigenvalue weighted by Crippen LogP contribution is 2.26. The second-order valence-corrected chi connectivity index (χ2v) is 8.27. The highest BCUT2D eigenvalue weighted by atomic mass is 16.5. The zero-order valence-electron chi connectivity index (χ0n) is 18.4. The Bertz CT molecular complexity index is 1330. The lowest BCUT2D eigenvalue weighted by Gasteiger charge is -2.17. The number of nitrogens with zero attached hydrogens (tertiary/aromatic N) is 1. The standard InChI is InChI=1S/C28H22N2O4/c31-26(29-22-9-4-8-20(16-22)12-11-19-6-2-1-3-7-19)21-13-14-24-25(17-21)28(33)30(27(24)32)18-23-10-5-15-34-23/h1-4,6-9,13-14,16-17,23H,5,10,15,18H2,(H,29,31). The molecule has 0 spiro atoms. The van der Waals surface area contributed by atoms with Crippen molar-refractivity contribution in [3.63, 3.8) is 0 Å². The molecule has 1 atom stereocenters.